The molecule has 5 rings (SSSR count). The molecule has 0 spiro atoms. The van der Waals surface area contributed by atoms with E-state index in [9.17, 15) is 27.6 Å². The second kappa shape index (κ2) is 11.1. The lowest BCUT2D eigenvalue weighted by Gasteiger charge is -2.17. The maximum absolute atomic E-state index is 13.6. The molecule has 0 bridgehead atoms. The Hall–Kier alpha value is -4.63. The highest BCUT2D eigenvalue weighted by Crippen LogP contribution is 2.33. The molecule has 1 saturated heterocycles. The summed E-state index contributed by atoms with van der Waals surface area (Å²) in [7, 11) is 0. The fraction of sp³-hybridized carbons (Fsp3) is 0.231. The first-order chi connectivity index (χ1) is 19.4. The lowest BCUT2D eigenvalue weighted by Crippen LogP contribution is -2.22. The van der Waals surface area contributed by atoms with Crippen LogP contribution in [0.2, 0.25) is 0 Å². The number of alkyl halides is 3. The molecule has 3 amide bonds. The molecule has 0 aliphatic carbocycles. The zero-order valence-corrected chi connectivity index (χ0v) is 22.6. The van der Waals surface area contributed by atoms with E-state index in [2.05, 4.69) is 31.2 Å². The van der Waals surface area contributed by atoms with Crippen LogP contribution in [-0.2, 0) is 22.3 Å². The number of carbonyl (C=O) groups is 3. The highest BCUT2D eigenvalue weighted by atomic mass is 32.1. The highest BCUT2D eigenvalue weighted by molar-refractivity contribution is 7.19. The molecule has 1 fully saturated rings. The van der Waals surface area contributed by atoms with Crippen molar-refractivity contribution in [3.8, 4) is 16.3 Å². The molecule has 0 atom stereocenters. The van der Waals surface area contributed by atoms with Gasteiger partial charge in [-0.2, -0.15) is 13.2 Å². The number of hydrogen-bond donors (Lipinski definition) is 3. The smallest absolute Gasteiger partial charge is 0.342 e. The summed E-state index contributed by atoms with van der Waals surface area (Å²) in [4.78, 5) is 42.4. The molecule has 0 saturated carbocycles. The third-order valence-electron chi connectivity index (χ3n) is 6.10. The van der Waals surface area contributed by atoms with Gasteiger partial charge in [0.05, 0.1) is 35.5 Å². The van der Waals surface area contributed by atoms with Crippen LogP contribution in [0.1, 0.15) is 34.0 Å². The molecule has 0 radical (unpaired) electrons. The minimum atomic E-state index is -4.63. The Kier molecular flexibility index (Phi) is 7.55. The van der Waals surface area contributed by atoms with E-state index in [1.807, 2.05) is 6.92 Å². The third kappa shape index (κ3) is 6.58. The molecule has 0 unspecified atom stereocenters. The molecule has 2 aromatic heterocycles. The van der Waals surface area contributed by atoms with Crippen LogP contribution < -0.4 is 16.0 Å². The minimum absolute atomic E-state index is 0.0244. The molecule has 212 valence electrons. The van der Waals surface area contributed by atoms with Gasteiger partial charge >= 0.3 is 6.18 Å². The predicted molar refractivity (Wildman–Crippen MR) is 144 cm³/mol. The molecule has 1 aliphatic rings. The summed E-state index contributed by atoms with van der Waals surface area (Å²) < 4.78 is 42.3. The Morgan fingerprint density at radius 1 is 1.15 bits per heavy atom. The fourth-order valence-electron chi connectivity index (χ4n) is 4.20. The summed E-state index contributed by atoms with van der Waals surface area (Å²) in [6, 6.07) is 8.16. The number of hydrogen-bond acceptors (Lipinski definition) is 8. The van der Waals surface area contributed by atoms with E-state index in [-0.39, 0.29) is 42.8 Å². The monoisotopic (exact) mass is 584 g/mol. The van der Waals surface area contributed by atoms with E-state index in [1.165, 1.54) is 29.0 Å². The number of nitrogens with zero attached hydrogens (tertiary/aromatic N) is 5. The van der Waals surface area contributed by atoms with Gasteiger partial charge in [0.25, 0.3) is 5.91 Å². The Morgan fingerprint density at radius 3 is 2.66 bits per heavy atom. The first-order valence-corrected chi connectivity index (χ1v) is 13.0. The van der Waals surface area contributed by atoms with Crippen molar-refractivity contribution in [1.82, 2.24) is 30.2 Å². The van der Waals surface area contributed by atoms with Crippen molar-refractivity contribution < 1.29 is 27.6 Å². The molecular formula is C26H23F3N8O3S. The number of anilines is 2. The quantitative estimate of drug-likeness (QED) is 0.301. The summed E-state index contributed by atoms with van der Waals surface area (Å²) in [5.74, 6) is -1.07. The van der Waals surface area contributed by atoms with Crippen LogP contribution in [0.3, 0.4) is 0 Å². The fourth-order valence-corrected chi connectivity index (χ4v) is 5.01. The van der Waals surface area contributed by atoms with Crippen LogP contribution in [0.4, 0.5) is 24.0 Å². The Labute approximate surface area is 235 Å². The van der Waals surface area contributed by atoms with Crippen LogP contribution >= 0.6 is 11.3 Å². The molecule has 15 heteroatoms. The van der Waals surface area contributed by atoms with Gasteiger partial charge in [-0.1, -0.05) is 22.6 Å². The number of aryl methyl sites for hydroxylation is 1. The number of thiazole rings is 1. The summed E-state index contributed by atoms with van der Waals surface area (Å²) in [6.07, 6.45) is -1.42. The number of rotatable bonds is 7. The van der Waals surface area contributed by atoms with Gasteiger partial charge in [0.1, 0.15) is 5.69 Å². The number of halogens is 3. The van der Waals surface area contributed by atoms with Crippen LogP contribution in [0.15, 0.2) is 48.8 Å². The van der Waals surface area contributed by atoms with Crippen molar-refractivity contribution in [2.75, 3.05) is 23.8 Å². The first-order valence-electron chi connectivity index (χ1n) is 12.2. The van der Waals surface area contributed by atoms with Crippen LogP contribution in [0, 0.1) is 6.92 Å². The molecular weight excluding hydrogens is 561 g/mol. The van der Waals surface area contributed by atoms with Gasteiger partial charge in [0.15, 0.2) is 5.13 Å². The molecule has 11 nitrogen and oxygen atoms in total. The van der Waals surface area contributed by atoms with Gasteiger partial charge in [-0.05, 0) is 48.4 Å². The van der Waals surface area contributed by atoms with Crippen LogP contribution in [-0.4, -0.2) is 55.8 Å². The summed E-state index contributed by atoms with van der Waals surface area (Å²) >= 11 is 1.22. The van der Waals surface area contributed by atoms with Gasteiger partial charge in [0.2, 0.25) is 11.8 Å². The van der Waals surface area contributed by atoms with Crippen molar-refractivity contribution >= 4 is 39.9 Å². The van der Waals surface area contributed by atoms with Gasteiger partial charge in [-0.25, -0.2) is 9.67 Å². The number of benzene rings is 2. The first kappa shape index (κ1) is 27.9. The molecule has 41 heavy (non-hydrogen) atoms. The third-order valence-corrected chi connectivity index (χ3v) is 7.04. The molecule has 2 aromatic carbocycles. The van der Waals surface area contributed by atoms with E-state index in [0.717, 1.165) is 17.7 Å². The van der Waals surface area contributed by atoms with Crippen molar-refractivity contribution in [3.05, 3.63) is 71.0 Å². The van der Waals surface area contributed by atoms with Gasteiger partial charge in [0, 0.05) is 30.9 Å². The lowest BCUT2D eigenvalue weighted by atomic mass is 10.1. The number of amides is 3. The average Bonchev–Trinajstić information content (AvgIpc) is 3.65. The molecule has 1 aliphatic heterocycles. The van der Waals surface area contributed by atoms with Crippen LogP contribution in [0.25, 0.3) is 16.3 Å². The summed E-state index contributed by atoms with van der Waals surface area (Å²) in [5.41, 5.74) is 1.38. The Balaban J connectivity index is 1.37. The van der Waals surface area contributed by atoms with E-state index in [4.69, 9.17) is 0 Å². The van der Waals surface area contributed by atoms with Crippen molar-refractivity contribution in [2.45, 2.75) is 26.6 Å². The Bertz CT molecular complexity index is 1650. The minimum Gasteiger partial charge on any atom is -0.342 e. The average molecular weight is 585 g/mol. The number of nitrogens with one attached hydrogen (secondary N) is 3. The van der Waals surface area contributed by atoms with E-state index in [1.54, 1.807) is 35.5 Å². The normalized spacial score (nSPS) is 13.7. The predicted octanol–water partition coefficient (Wildman–Crippen LogP) is 3.82. The highest BCUT2D eigenvalue weighted by Gasteiger charge is 2.32. The summed E-state index contributed by atoms with van der Waals surface area (Å²) in [5, 5.41) is 16.5. The largest absolute Gasteiger partial charge is 0.416 e. The Morgan fingerprint density at radius 2 is 1.95 bits per heavy atom. The molecule has 3 heterocycles. The van der Waals surface area contributed by atoms with E-state index >= 15 is 0 Å². The topological polar surface area (TPSA) is 134 Å². The van der Waals surface area contributed by atoms with Gasteiger partial charge in [-0.3, -0.25) is 19.3 Å². The maximum Gasteiger partial charge on any atom is 0.416 e. The standard InChI is InChI=1S/C26H23F3N8O3S/c1-14-3-4-17(7-21(14)37-11-20(34-35-37)22-9-30-25(41-22)32-15(2)38)24(40)33-19-6-16(5-18(8-19)26(27,28)29)10-36-12-23(39)31-13-36/h3-9,11H,10,12-13H2,1-2H3,(H,31,39)(H,33,40)(H,30,32,38). The van der Waals surface area contributed by atoms with Crippen LogP contribution in [0.5, 0.6) is 0 Å². The zero-order chi connectivity index (χ0) is 29.3. The van der Waals surface area contributed by atoms with Crippen molar-refractivity contribution in [2.24, 2.45) is 0 Å². The number of aromatic nitrogens is 4. The number of carbonyl (C=O) groups excluding carboxylic acids is 3. The SMILES string of the molecule is CC(=O)Nc1ncc(-c2cn(-c3cc(C(=O)Nc4cc(CN5CNC(=O)C5)cc(C(F)(F)F)c4)ccc3C)nn2)s1. The lowest BCUT2D eigenvalue weighted by molar-refractivity contribution is -0.137. The molecule has 3 N–H and O–H groups in total. The van der Waals surface area contributed by atoms with E-state index < -0.39 is 17.6 Å². The van der Waals surface area contributed by atoms with Crippen molar-refractivity contribution in [3.63, 3.8) is 0 Å². The van der Waals surface area contributed by atoms with Gasteiger partial charge in [-0.15, -0.1) is 5.10 Å². The van der Waals surface area contributed by atoms with Gasteiger partial charge < -0.3 is 16.0 Å². The maximum atomic E-state index is 13.6. The van der Waals surface area contributed by atoms with E-state index in [0.29, 0.717) is 27.0 Å². The second-order valence-electron chi connectivity index (χ2n) is 9.38. The second-order valence-corrected chi connectivity index (χ2v) is 10.4. The summed E-state index contributed by atoms with van der Waals surface area (Å²) in [6.45, 7) is 3.60. The van der Waals surface area contributed by atoms with Crippen molar-refractivity contribution in [1.29, 1.82) is 0 Å². The zero-order valence-electron chi connectivity index (χ0n) is 21.7. The molecule has 4 aromatic rings.